The average molecular weight is 399 g/mol. The van der Waals surface area contributed by atoms with Crippen LogP contribution in [0.4, 0.5) is 10.5 Å². The largest absolute Gasteiger partial charge is 0.341 e. The lowest BCUT2D eigenvalue weighted by Crippen LogP contribution is -2.34. The second-order valence-electron chi connectivity index (χ2n) is 7.73. The van der Waals surface area contributed by atoms with Crippen molar-refractivity contribution >= 4 is 17.6 Å². The number of carbonyl (C=O) groups excluding carboxylic acids is 2. The van der Waals surface area contributed by atoms with E-state index < -0.39 is 0 Å². The summed E-state index contributed by atoms with van der Waals surface area (Å²) < 4.78 is 0. The average Bonchev–Trinajstić information content (AvgIpc) is 2.75. The highest BCUT2D eigenvalue weighted by atomic mass is 16.2. The van der Waals surface area contributed by atoms with Crippen LogP contribution in [-0.4, -0.2) is 30.4 Å². The molecule has 0 radical (unpaired) electrons. The standard InChI is InChI=1S/C25H25N3O2/c1-17-5-3-7-19(13-17)20-8-4-6-18(14-20)16-26-25(30)27-22-9-10-23-21(15-22)11-12-28(2)24(23)29/h3-10,13-15H,11-12,16H2,1-2H3,(H2,26,27,30). The highest BCUT2D eigenvalue weighted by molar-refractivity contribution is 5.98. The molecule has 30 heavy (non-hydrogen) atoms. The Morgan fingerprint density at radius 3 is 2.57 bits per heavy atom. The molecule has 0 spiro atoms. The number of rotatable bonds is 4. The number of aryl methyl sites for hydroxylation is 1. The minimum absolute atomic E-state index is 0.0285. The van der Waals surface area contributed by atoms with Crippen LogP contribution in [0.25, 0.3) is 11.1 Å². The maximum atomic E-state index is 12.4. The number of nitrogens with zero attached hydrogens (tertiary/aromatic N) is 1. The molecule has 5 nitrogen and oxygen atoms in total. The Balaban J connectivity index is 1.39. The van der Waals surface area contributed by atoms with Crippen molar-refractivity contribution in [2.45, 2.75) is 19.9 Å². The lowest BCUT2D eigenvalue weighted by Gasteiger charge is -2.25. The minimum Gasteiger partial charge on any atom is -0.341 e. The number of hydrogen-bond acceptors (Lipinski definition) is 2. The molecular weight excluding hydrogens is 374 g/mol. The zero-order valence-corrected chi connectivity index (χ0v) is 17.2. The fourth-order valence-corrected chi connectivity index (χ4v) is 3.73. The fraction of sp³-hybridized carbons (Fsp3) is 0.200. The zero-order valence-electron chi connectivity index (χ0n) is 17.2. The maximum absolute atomic E-state index is 12.4. The molecule has 1 heterocycles. The molecular formula is C25H25N3O2. The Kier molecular flexibility index (Phi) is 5.53. The van der Waals surface area contributed by atoms with Crippen LogP contribution in [0.15, 0.2) is 66.7 Å². The van der Waals surface area contributed by atoms with Crippen molar-refractivity contribution in [2.75, 3.05) is 18.9 Å². The van der Waals surface area contributed by atoms with E-state index in [9.17, 15) is 9.59 Å². The first-order valence-corrected chi connectivity index (χ1v) is 10.1. The monoisotopic (exact) mass is 399 g/mol. The Morgan fingerprint density at radius 1 is 1.00 bits per heavy atom. The Labute approximate surface area is 176 Å². The van der Waals surface area contributed by atoms with Gasteiger partial charge < -0.3 is 15.5 Å². The third-order valence-electron chi connectivity index (χ3n) is 5.39. The van der Waals surface area contributed by atoms with Gasteiger partial charge in [-0.3, -0.25) is 4.79 Å². The molecule has 1 aliphatic heterocycles. The van der Waals surface area contributed by atoms with Crippen LogP contribution in [0.1, 0.15) is 27.0 Å². The van der Waals surface area contributed by atoms with Crippen molar-refractivity contribution in [3.8, 4) is 11.1 Å². The van der Waals surface area contributed by atoms with Crippen LogP contribution in [0.3, 0.4) is 0 Å². The van der Waals surface area contributed by atoms with Gasteiger partial charge in [0.15, 0.2) is 0 Å². The van der Waals surface area contributed by atoms with E-state index in [0.717, 1.165) is 28.7 Å². The molecule has 2 N–H and O–H groups in total. The number of anilines is 1. The number of hydrogen-bond donors (Lipinski definition) is 2. The lowest BCUT2D eigenvalue weighted by molar-refractivity contribution is 0.0781. The first-order chi connectivity index (χ1) is 14.5. The molecule has 0 unspecified atom stereocenters. The number of carbonyl (C=O) groups is 2. The molecule has 4 rings (SSSR count). The summed E-state index contributed by atoms with van der Waals surface area (Å²) in [5.41, 5.74) is 6.91. The maximum Gasteiger partial charge on any atom is 0.319 e. The summed E-state index contributed by atoms with van der Waals surface area (Å²) in [6.45, 7) is 3.20. The van der Waals surface area contributed by atoms with Gasteiger partial charge in [-0.25, -0.2) is 4.79 Å². The number of nitrogens with one attached hydrogen (secondary N) is 2. The summed E-state index contributed by atoms with van der Waals surface area (Å²) in [5, 5.41) is 5.78. The third-order valence-corrected chi connectivity index (χ3v) is 5.39. The third kappa shape index (κ3) is 4.35. The molecule has 152 valence electrons. The van der Waals surface area contributed by atoms with Gasteiger partial charge in [0.05, 0.1) is 0 Å². The molecule has 0 aliphatic carbocycles. The Morgan fingerprint density at radius 2 is 1.77 bits per heavy atom. The topological polar surface area (TPSA) is 61.4 Å². The van der Waals surface area contributed by atoms with E-state index in [1.54, 1.807) is 24.1 Å². The normalized spacial score (nSPS) is 13.0. The highest BCUT2D eigenvalue weighted by Crippen LogP contribution is 2.23. The van der Waals surface area contributed by atoms with E-state index in [2.05, 4.69) is 47.9 Å². The molecule has 0 atom stereocenters. The number of urea groups is 1. The predicted octanol–water partition coefficient (Wildman–Crippen LogP) is 4.61. The second-order valence-corrected chi connectivity index (χ2v) is 7.73. The van der Waals surface area contributed by atoms with Gasteiger partial charge in [-0.15, -0.1) is 0 Å². The zero-order chi connectivity index (χ0) is 21.1. The molecule has 0 aromatic heterocycles. The number of likely N-dealkylation sites (N-methyl/N-ethyl adjacent to an activating group) is 1. The Bertz CT molecular complexity index is 1110. The molecule has 3 aromatic rings. The van der Waals surface area contributed by atoms with Crippen LogP contribution < -0.4 is 10.6 Å². The highest BCUT2D eigenvalue weighted by Gasteiger charge is 2.21. The summed E-state index contributed by atoms with van der Waals surface area (Å²) in [7, 11) is 1.80. The SMILES string of the molecule is Cc1cccc(-c2cccc(CNC(=O)Nc3ccc4c(c3)CCN(C)C4=O)c2)c1. The molecule has 3 aromatic carbocycles. The molecule has 0 saturated carbocycles. The molecule has 0 bridgehead atoms. The molecule has 0 fully saturated rings. The van der Waals surface area contributed by atoms with Gasteiger partial charge in [0.25, 0.3) is 5.91 Å². The van der Waals surface area contributed by atoms with E-state index in [4.69, 9.17) is 0 Å². The minimum atomic E-state index is -0.268. The summed E-state index contributed by atoms with van der Waals surface area (Å²) in [4.78, 5) is 26.3. The van der Waals surface area contributed by atoms with Crippen LogP contribution in [0, 0.1) is 6.92 Å². The van der Waals surface area contributed by atoms with Crippen LogP contribution in [0.5, 0.6) is 0 Å². The van der Waals surface area contributed by atoms with Crippen molar-refractivity contribution in [1.82, 2.24) is 10.2 Å². The quantitative estimate of drug-likeness (QED) is 0.673. The van der Waals surface area contributed by atoms with Crippen LogP contribution in [-0.2, 0) is 13.0 Å². The fourth-order valence-electron chi connectivity index (χ4n) is 3.73. The molecule has 0 saturated heterocycles. The smallest absolute Gasteiger partial charge is 0.319 e. The lowest BCUT2D eigenvalue weighted by atomic mass is 9.99. The van der Waals surface area contributed by atoms with Gasteiger partial charge in [0.1, 0.15) is 0 Å². The van der Waals surface area contributed by atoms with Crippen molar-refractivity contribution in [3.05, 3.63) is 89.0 Å². The van der Waals surface area contributed by atoms with Gasteiger partial charge in [-0.2, -0.15) is 0 Å². The number of amides is 3. The predicted molar refractivity (Wildman–Crippen MR) is 120 cm³/mol. The molecule has 1 aliphatic rings. The first kappa shape index (κ1) is 19.7. The van der Waals surface area contributed by atoms with Gasteiger partial charge >= 0.3 is 6.03 Å². The van der Waals surface area contributed by atoms with Gasteiger partial charge in [0, 0.05) is 31.4 Å². The summed E-state index contributed by atoms with van der Waals surface area (Å²) >= 11 is 0. The summed E-state index contributed by atoms with van der Waals surface area (Å²) in [5.74, 6) is 0.0285. The van der Waals surface area contributed by atoms with E-state index in [1.807, 2.05) is 24.3 Å². The van der Waals surface area contributed by atoms with Gasteiger partial charge in [0.2, 0.25) is 0 Å². The number of benzene rings is 3. The molecule has 5 heteroatoms. The van der Waals surface area contributed by atoms with Crippen molar-refractivity contribution in [1.29, 1.82) is 0 Å². The van der Waals surface area contributed by atoms with Gasteiger partial charge in [-0.1, -0.05) is 48.0 Å². The summed E-state index contributed by atoms with van der Waals surface area (Å²) in [6.07, 6.45) is 0.792. The second kappa shape index (κ2) is 8.41. The summed E-state index contributed by atoms with van der Waals surface area (Å²) in [6, 6.07) is 21.7. The van der Waals surface area contributed by atoms with Gasteiger partial charge in [-0.05, 0) is 59.9 Å². The van der Waals surface area contributed by atoms with Crippen molar-refractivity contribution < 1.29 is 9.59 Å². The van der Waals surface area contributed by atoms with E-state index in [-0.39, 0.29) is 11.9 Å². The van der Waals surface area contributed by atoms with Crippen LogP contribution in [0.2, 0.25) is 0 Å². The van der Waals surface area contributed by atoms with E-state index >= 15 is 0 Å². The van der Waals surface area contributed by atoms with Crippen LogP contribution >= 0.6 is 0 Å². The first-order valence-electron chi connectivity index (χ1n) is 10.1. The Hall–Kier alpha value is -3.60. The van der Waals surface area contributed by atoms with E-state index in [0.29, 0.717) is 24.3 Å². The van der Waals surface area contributed by atoms with Crippen molar-refractivity contribution in [2.24, 2.45) is 0 Å². The van der Waals surface area contributed by atoms with E-state index in [1.165, 1.54) is 5.56 Å². The molecule has 3 amide bonds. The van der Waals surface area contributed by atoms with Crippen molar-refractivity contribution in [3.63, 3.8) is 0 Å². The number of fused-ring (bicyclic) bond motifs is 1.